The lowest BCUT2D eigenvalue weighted by Crippen LogP contribution is -2.54. The molecule has 1 amide bonds. The molecule has 3 rings (SSSR count). The van der Waals surface area contributed by atoms with E-state index in [1.54, 1.807) is 0 Å². The van der Waals surface area contributed by atoms with Gasteiger partial charge in [0.25, 0.3) is 5.91 Å². The fourth-order valence-electron chi connectivity index (χ4n) is 3.05. The zero-order valence-corrected chi connectivity index (χ0v) is 13.4. The zero-order valence-electron chi connectivity index (χ0n) is 11.9. The third-order valence-electron chi connectivity index (χ3n) is 4.10. The molecule has 1 saturated carbocycles. The summed E-state index contributed by atoms with van der Waals surface area (Å²) in [6.45, 7) is 4.39. The van der Waals surface area contributed by atoms with Crippen molar-refractivity contribution < 1.29 is 9.53 Å². The van der Waals surface area contributed by atoms with E-state index in [1.807, 2.05) is 30.9 Å². The summed E-state index contributed by atoms with van der Waals surface area (Å²) in [4.78, 5) is 18.9. The molecule has 0 radical (unpaired) electrons. The Kier molecular flexibility index (Phi) is 3.48. The van der Waals surface area contributed by atoms with Gasteiger partial charge in [-0.15, -0.1) is 0 Å². The SMILES string of the molecule is CC1(C)Oc2ccc(Br)nc2N(CC2CCCC2)C1=O. The summed E-state index contributed by atoms with van der Waals surface area (Å²) in [6, 6.07) is 3.72. The molecule has 0 N–H and O–H groups in total. The van der Waals surface area contributed by atoms with E-state index in [1.165, 1.54) is 25.7 Å². The summed E-state index contributed by atoms with van der Waals surface area (Å²) in [5.41, 5.74) is -0.818. The van der Waals surface area contributed by atoms with E-state index in [0.29, 0.717) is 17.5 Å². The first kappa shape index (κ1) is 13.9. The number of hydrogen-bond donors (Lipinski definition) is 0. The van der Waals surface area contributed by atoms with Gasteiger partial charge in [-0.05, 0) is 60.7 Å². The summed E-state index contributed by atoms with van der Waals surface area (Å²) in [5, 5.41) is 0. The molecular formula is C15H19BrN2O2. The molecule has 0 saturated heterocycles. The molecule has 0 bridgehead atoms. The van der Waals surface area contributed by atoms with Crippen LogP contribution in [0.25, 0.3) is 0 Å². The predicted molar refractivity (Wildman–Crippen MR) is 81.0 cm³/mol. The van der Waals surface area contributed by atoms with Crippen LogP contribution >= 0.6 is 15.9 Å². The highest BCUT2D eigenvalue weighted by Crippen LogP contribution is 2.38. The second kappa shape index (κ2) is 5.02. The van der Waals surface area contributed by atoms with Gasteiger partial charge in [0, 0.05) is 6.54 Å². The summed E-state index contributed by atoms with van der Waals surface area (Å²) in [6.07, 6.45) is 4.94. The molecule has 0 spiro atoms. The molecule has 1 fully saturated rings. The lowest BCUT2D eigenvalue weighted by molar-refractivity contribution is -0.133. The highest BCUT2D eigenvalue weighted by atomic mass is 79.9. The minimum absolute atomic E-state index is 0.00231. The lowest BCUT2D eigenvalue weighted by Gasteiger charge is -2.38. The maximum Gasteiger partial charge on any atom is 0.271 e. The fourth-order valence-corrected chi connectivity index (χ4v) is 3.35. The molecule has 1 aromatic rings. The van der Waals surface area contributed by atoms with Crippen LogP contribution in [-0.2, 0) is 4.79 Å². The van der Waals surface area contributed by atoms with Gasteiger partial charge >= 0.3 is 0 Å². The number of anilines is 1. The van der Waals surface area contributed by atoms with Gasteiger partial charge in [0.1, 0.15) is 4.60 Å². The highest BCUT2D eigenvalue weighted by Gasteiger charge is 2.42. The Hall–Kier alpha value is -1.10. The number of carbonyl (C=O) groups is 1. The van der Waals surface area contributed by atoms with Gasteiger partial charge in [-0.2, -0.15) is 0 Å². The number of pyridine rings is 1. The van der Waals surface area contributed by atoms with Crippen molar-refractivity contribution in [2.75, 3.05) is 11.4 Å². The molecule has 0 unspecified atom stereocenters. The van der Waals surface area contributed by atoms with Crippen LogP contribution in [0.15, 0.2) is 16.7 Å². The monoisotopic (exact) mass is 338 g/mol. The largest absolute Gasteiger partial charge is 0.474 e. The first-order valence-corrected chi connectivity index (χ1v) is 7.94. The zero-order chi connectivity index (χ0) is 14.3. The topological polar surface area (TPSA) is 42.4 Å². The Morgan fingerprint density at radius 2 is 2.10 bits per heavy atom. The van der Waals surface area contributed by atoms with Gasteiger partial charge in [-0.1, -0.05) is 12.8 Å². The molecule has 4 nitrogen and oxygen atoms in total. The van der Waals surface area contributed by atoms with Crippen molar-refractivity contribution in [3.8, 4) is 5.75 Å². The third-order valence-corrected chi connectivity index (χ3v) is 4.54. The van der Waals surface area contributed by atoms with Crippen LogP contribution in [0.1, 0.15) is 39.5 Å². The molecule has 1 aliphatic carbocycles. The van der Waals surface area contributed by atoms with Crippen LogP contribution in [-0.4, -0.2) is 23.0 Å². The van der Waals surface area contributed by atoms with Crippen LogP contribution in [0.4, 0.5) is 5.82 Å². The van der Waals surface area contributed by atoms with E-state index in [9.17, 15) is 4.79 Å². The van der Waals surface area contributed by atoms with E-state index in [2.05, 4.69) is 20.9 Å². The number of carbonyl (C=O) groups excluding carboxylic acids is 1. The number of fused-ring (bicyclic) bond motifs is 1. The highest BCUT2D eigenvalue weighted by molar-refractivity contribution is 9.10. The van der Waals surface area contributed by atoms with Crippen molar-refractivity contribution in [2.45, 2.75) is 45.1 Å². The standard InChI is InChI=1S/C15H19BrN2O2/c1-15(2)14(19)18(9-10-5-3-4-6-10)13-11(20-15)7-8-12(16)17-13/h7-8,10H,3-6,9H2,1-2H3. The van der Waals surface area contributed by atoms with Crippen LogP contribution in [0.5, 0.6) is 5.75 Å². The van der Waals surface area contributed by atoms with E-state index >= 15 is 0 Å². The summed E-state index contributed by atoms with van der Waals surface area (Å²) in [7, 11) is 0. The Morgan fingerprint density at radius 1 is 1.40 bits per heavy atom. The van der Waals surface area contributed by atoms with Gasteiger partial charge in [0.15, 0.2) is 17.2 Å². The molecular weight excluding hydrogens is 320 g/mol. The van der Waals surface area contributed by atoms with Crippen molar-refractivity contribution in [1.29, 1.82) is 0 Å². The second-order valence-corrected chi connectivity index (χ2v) is 6.95. The summed E-state index contributed by atoms with van der Waals surface area (Å²) in [5.74, 6) is 1.93. The van der Waals surface area contributed by atoms with Gasteiger partial charge in [-0.25, -0.2) is 4.98 Å². The quantitative estimate of drug-likeness (QED) is 0.774. The van der Waals surface area contributed by atoms with Gasteiger partial charge in [0.05, 0.1) is 0 Å². The maximum absolute atomic E-state index is 12.7. The molecule has 0 atom stereocenters. The molecule has 1 aliphatic heterocycles. The number of rotatable bonds is 2. The average molecular weight is 339 g/mol. The first-order valence-electron chi connectivity index (χ1n) is 7.15. The van der Waals surface area contributed by atoms with Gasteiger partial charge < -0.3 is 4.74 Å². The predicted octanol–water partition coefficient (Wildman–Crippen LogP) is 3.54. The fraction of sp³-hybridized carbons (Fsp3) is 0.600. The summed E-state index contributed by atoms with van der Waals surface area (Å²) >= 11 is 3.37. The lowest BCUT2D eigenvalue weighted by atomic mass is 10.0. The maximum atomic E-state index is 12.7. The van der Waals surface area contributed by atoms with Gasteiger partial charge in [-0.3, -0.25) is 9.69 Å². The Labute approximate surface area is 127 Å². The van der Waals surface area contributed by atoms with Crippen molar-refractivity contribution >= 4 is 27.7 Å². The van der Waals surface area contributed by atoms with E-state index in [-0.39, 0.29) is 5.91 Å². The van der Waals surface area contributed by atoms with Crippen molar-refractivity contribution in [2.24, 2.45) is 5.92 Å². The average Bonchev–Trinajstić information content (AvgIpc) is 2.89. The van der Waals surface area contributed by atoms with Gasteiger partial charge in [0.2, 0.25) is 0 Å². The number of ether oxygens (including phenoxy) is 1. The molecule has 2 aliphatic rings. The van der Waals surface area contributed by atoms with E-state index < -0.39 is 5.60 Å². The van der Waals surface area contributed by atoms with Crippen LogP contribution in [0.3, 0.4) is 0 Å². The van der Waals surface area contributed by atoms with E-state index in [4.69, 9.17) is 4.74 Å². The smallest absolute Gasteiger partial charge is 0.271 e. The Bertz CT molecular complexity index is 539. The molecule has 20 heavy (non-hydrogen) atoms. The second-order valence-electron chi connectivity index (χ2n) is 6.13. The van der Waals surface area contributed by atoms with Crippen molar-refractivity contribution in [1.82, 2.24) is 4.98 Å². The molecule has 2 heterocycles. The van der Waals surface area contributed by atoms with E-state index in [0.717, 1.165) is 11.1 Å². The minimum Gasteiger partial charge on any atom is -0.474 e. The van der Waals surface area contributed by atoms with Crippen LogP contribution in [0, 0.1) is 5.92 Å². The number of amides is 1. The Morgan fingerprint density at radius 3 is 2.80 bits per heavy atom. The molecule has 1 aromatic heterocycles. The normalized spacial score (nSPS) is 21.8. The van der Waals surface area contributed by atoms with Crippen LogP contribution < -0.4 is 9.64 Å². The summed E-state index contributed by atoms with van der Waals surface area (Å²) < 4.78 is 6.53. The van der Waals surface area contributed by atoms with Crippen LogP contribution in [0.2, 0.25) is 0 Å². The molecule has 5 heteroatoms. The number of aromatic nitrogens is 1. The third kappa shape index (κ3) is 2.43. The first-order chi connectivity index (χ1) is 9.47. The molecule has 108 valence electrons. The van der Waals surface area contributed by atoms with Crippen molar-refractivity contribution in [3.05, 3.63) is 16.7 Å². The number of halogens is 1. The number of nitrogens with zero attached hydrogens (tertiary/aromatic N) is 2. The minimum atomic E-state index is -0.818. The van der Waals surface area contributed by atoms with Crippen molar-refractivity contribution in [3.63, 3.8) is 0 Å². The Balaban J connectivity index is 1.97. The number of hydrogen-bond acceptors (Lipinski definition) is 3. The molecule has 0 aromatic carbocycles.